The van der Waals surface area contributed by atoms with E-state index < -0.39 is 14.6 Å². The summed E-state index contributed by atoms with van der Waals surface area (Å²) in [6.45, 7) is 3.55. The van der Waals surface area contributed by atoms with Crippen LogP contribution in [-0.2, 0) is 9.84 Å². The molecule has 1 fully saturated rings. The summed E-state index contributed by atoms with van der Waals surface area (Å²) in [6, 6.07) is -0.157. The molecular weight excluding hydrogens is 236 g/mol. The summed E-state index contributed by atoms with van der Waals surface area (Å²) in [5.41, 5.74) is 2.77. The van der Waals surface area contributed by atoms with Crippen LogP contribution in [0.1, 0.15) is 52.4 Å². The molecule has 17 heavy (non-hydrogen) atoms. The van der Waals surface area contributed by atoms with Crippen molar-refractivity contribution >= 4 is 9.84 Å². The van der Waals surface area contributed by atoms with Crippen LogP contribution in [0, 0.1) is 5.92 Å². The van der Waals surface area contributed by atoms with Gasteiger partial charge in [0.05, 0.1) is 4.75 Å². The van der Waals surface area contributed by atoms with E-state index in [4.69, 9.17) is 5.84 Å². The van der Waals surface area contributed by atoms with Gasteiger partial charge in [-0.05, 0) is 32.6 Å². The Morgan fingerprint density at radius 2 is 1.65 bits per heavy atom. The van der Waals surface area contributed by atoms with Crippen LogP contribution < -0.4 is 11.3 Å². The first-order chi connectivity index (χ1) is 7.80. The summed E-state index contributed by atoms with van der Waals surface area (Å²) in [6.07, 6.45) is 8.33. The molecule has 3 N–H and O–H groups in total. The zero-order valence-electron chi connectivity index (χ0n) is 11.2. The topological polar surface area (TPSA) is 72.2 Å². The number of rotatable bonds is 4. The Morgan fingerprint density at radius 3 is 2.00 bits per heavy atom. The Morgan fingerprint density at radius 1 is 1.18 bits per heavy atom. The molecule has 0 amide bonds. The van der Waals surface area contributed by atoms with Crippen LogP contribution in [0.5, 0.6) is 0 Å². The molecule has 0 aromatic rings. The van der Waals surface area contributed by atoms with Crippen molar-refractivity contribution in [2.75, 3.05) is 6.26 Å². The highest BCUT2D eigenvalue weighted by molar-refractivity contribution is 7.92. The summed E-state index contributed by atoms with van der Waals surface area (Å²) < 4.78 is 23.0. The SMILES string of the molecule is CC(C)(C(NN)C1CCCCCC1)S(C)(=O)=O. The van der Waals surface area contributed by atoms with Gasteiger partial charge >= 0.3 is 0 Å². The van der Waals surface area contributed by atoms with Gasteiger partial charge in [-0.15, -0.1) is 0 Å². The molecule has 0 heterocycles. The van der Waals surface area contributed by atoms with Crippen molar-refractivity contribution in [1.29, 1.82) is 0 Å². The molecule has 102 valence electrons. The number of hydrogen-bond donors (Lipinski definition) is 2. The fourth-order valence-corrected chi connectivity index (χ4v) is 3.50. The second-order valence-corrected chi connectivity index (χ2v) is 8.37. The Labute approximate surface area is 105 Å². The Bertz CT molecular complexity index is 330. The maximum atomic E-state index is 11.9. The van der Waals surface area contributed by atoms with Gasteiger partial charge in [-0.2, -0.15) is 0 Å². The summed E-state index contributed by atoms with van der Waals surface area (Å²) in [4.78, 5) is 0. The average Bonchev–Trinajstić information content (AvgIpc) is 2.45. The van der Waals surface area contributed by atoms with E-state index in [0.717, 1.165) is 12.8 Å². The third kappa shape index (κ3) is 3.42. The molecule has 0 radical (unpaired) electrons. The highest BCUT2D eigenvalue weighted by Crippen LogP contribution is 2.33. The molecule has 0 saturated heterocycles. The largest absolute Gasteiger partial charge is 0.271 e. The molecular formula is C12H26N2O2S. The summed E-state index contributed by atoms with van der Waals surface area (Å²) in [5, 5.41) is 0. The standard InChI is InChI=1S/C12H26N2O2S/c1-12(2,17(3,15)16)11(14-13)10-8-6-4-5-7-9-10/h10-11,14H,4-9,13H2,1-3H3. The molecule has 1 rings (SSSR count). The highest BCUT2D eigenvalue weighted by atomic mass is 32.2. The van der Waals surface area contributed by atoms with Crippen LogP contribution in [0.2, 0.25) is 0 Å². The number of hydrogen-bond acceptors (Lipinski definition) is 4. The van der Waals surface area contributed by atoms with E-state index in [1.165, 1.54) is 31.9 Å². The minimum atomic E-state index is -3.12. The van der Waals surface area contributed by atoms with Crippen molar-refractivity contribution in [1.82, 2.24) is 5.43 Å². The molecule has 1 unspecified atom stereocenters. The predicted octanol–water partition coefficient (Wildman–Crippen LogP) is 1.61. The Kier molecular flexibility index (Phi) is 4.98. The van der Waals surface area contributed by atoms with Crippen molar-refractivity contribution < 1.29 is 8.42 Å². The molecule has 5 heteroatoms. The first-order valence-corrected chi connectivity index (χ1v) is 8.35. The normalized spacial score (nSPS) is 22.1. The Hall–Kier alpha value is -0.130. The summed E-state index contributed by atoms with van der Waals surface area (Å²) >= 11 is 0. The quantitative estimate of drug-likeness (QED) is 0.459. The van der Waals surface area contributed by atoms with Crippen LogP contribution in [-0.4, -0.2) is 25.5 Å². The Balaban J connectivity index is 2.89. The molecule has 0 aromatic heterocycles. The van der Waals surface area contributed by atoms with Gasteiger partial charge in [0.15, 0.2) is 9.84 Å². The van der Waals surface area contributed by atoms with Crippen molar-refractivity contribution in [3.63, 3.8) is 0 Å². The van der Waals surface area contributed by atoms with E-state index in [9.17, 15) is 8.42 Å². The lowest BCUT2D eigenvalue weighted by molar-refractivity contribution is 0.272. The van der Waals surface area contributed by atoms with E-state index in [0.29, 0.717) is 5.92 Å². The van der Waals surface area contributed by atoms with Crippen LogP contribution in [0.3, 0.4) is 0 Å². The van der Waals surface area contributed by atoms with E-state index in [1.807, 2.05) is 0 Å². The predicted molar refractivity (Wildman–Crippen MR) is 71.2 cm³/mol. The molecule has 0 aromatic carbocycles. The number of nitrogens with one attached hydrogen (secondary N) is 1. The third-order valence-electron chi connectivity index (χ3n) is 4.26. The van der Waals surface area contributed by atoms with Crippen molar-refractivity contribution in [2.45, 2.75) is 63.2 Å². The second kappa shape index (κ2) is 5.67. The van der Waals surface area contributed by atoms with Gasteiger partial charge in [0.1, 0.15) is 0 Å². The molecule has 0 aliphatic heterocycles. The van der Waals surface area contributed by atoms with Gasteiger partial charge in [0.2, 0.25) is 0 Å². The second-order valence-electron chi connectivity index (χ2n) is 5.77. The van der Waals surface area contributed by atoms with Gasteiger partial charge in [-0.3, -0.25) is 11.3 Å². The molecule has 0 bridgehead atoms. The van der Waals surface area contributed by atoms with Crippen molar-refractivity contribution in [2.24, 2.45) is 11.8 Å². The van der Waals surface area contributed by atoms with Crippen LogP contribution in [0.25, 0.3) is 0 Å². The lowest BCUT2D eigenvalue weighted by Gasteiger charge is -2.37. The van der Waals surface area contributed by atoms with Crippen molar-refractivity contribution in [3.05, 3.63) is 0 Å². The van der Waals surface area contributed by atoms with Gasteiger partial charge < -0.3 is 0 Å². The average molecular weight is 262 g/mol. The first-order valence-electron chi connectivity index (χ1n) is 6.46. The molecule has 1 saturated carbocycles. The van der Waals surface area contributed by atoms with Gasteiger partial charge in [-0.1, -0.05) is 25.7 Å². The molecule has 1 aliphatic carbocycles. The number of sulfone groups is 1. The lowest BCUT2D eigenvalue weighted by atomic mass is 9.85. The third-order valence-corrected chi connectivity index (χ3v) is 6.42. The van der Waals surface area contributed by atoms with E-state index in [-0.39, 0.29) is 6.04 Å². The maximum absolute atomic E-state index is 11.9. The first kappa shape index (κ1) is 14.9. The molecule has 0 spiro atoms. The van der Waals surface area contributed by atoms with Gasteiger partial charge in [0.25, 0.3) is 0 Å². The summed E-state index contributed by atoms with van der Waals surface area (Å²) in [7, 11) is -3.12. The van der Waals surface area contributed by atoms with E-state index >= 15 is 0 Å². The smallest absolute Gasteiger partial charge is 0.154 e. The zero-order valence-corrected chi connectivity index (χ0v) is 12.0. The zero-order chi connectivity index (χ0) is 13.1. The molecule has 4 nitrogen and oxygen atoms in total. The van der Waals surface area contributed by atoms with Crippen molar-refractivity contribution in [3.8, 4) is 0 Å². The number of nitrogens with two attached hydrogens (primary N) is 1. The monoisotopic (exact) mass is 262 g/mol. The van der Waals surface area contributed by atoms with Crippen LogP contribution in [0.15, 0.2) is 0 Å². The van der Waals surface area contributed by atoms with E-state index in [2.05, 4.69) is 5.43 Å². The summed E-state index contributed by atoms with van der Waals surface area (Å²) in [5.74, 6) is 5.99. The number of hydrazine groups is 1. The maximum Gasteiger partial charge on any atom is 0.154 e. The van der Waals surface area contributed by atoms with Gasteiger partial charge in [-0.25, -0.2) is 8.42 Å². The minimum Gasteiger partial charge on any atom is -0.271 e. The van der Waals surface area contributed by atoms with E-state index in [1.54, 1.807) is 13.8 Å². The van der Waals surface area contributed by atoms with Gasteiger partial charge in [0, 0.05) is 12.3 Å². The molecule has 1 atom stereocenters. The minimum absolute atomic E-state index is 0.157. The fourth-order valence-electron chi connectivity index (χ4n) is 2.78. The lowest BCUT2D eigenvalue weighted by Crippen LogP contribution is -2.57. The van der Waals surface area contributed by atoms with Crippen LogP contribution in [0.4, 0.5) is 0 Å². The molecule has 1 aliphatic rings. The highest BCUT2D eigenvalue weighted by Gasteiger charge is 2.42. The fraction of sp³-hybridized carbons (Fsp3) is 1.00. The van der Waals surface area contributed by atoms with Crippen LogP contribution >= 0.6 is 0 Å².